The summed E-state index contributed by atoms with van der Waals surface area (Å²) in [5.41, 5.74) is 3.58. The molecule has 0 atom stereocenters. The Bertz CT molecular complexity index is 837. The number of aromatic nitrogens is 1. The first-order valence-corrected chi connectivity index (χ1v) is 9.40. The highest BCUT2D eigenvalue weighted by atomic mass is 32.2. The molecular weight excluding hydrogens is 334 g/mol. The third-order valence-electron chi connectivity index (χ3n) is 4.22. The summed E-state index contributed by atoms with van der Waals surface area (Å²) in [6.07, 6.45) is 2.51. The van der Waals surface area contributed by atoms with E-state index in [9.17, 15) is 4.79 Å². The first-order chi connectivity index (χ1) is 12.3. The van der Waals surface area contributed by atoms with Crippen molar-refractivity contribution in [2.75, 3.05) is 29.1 Å². The van der Waals surface area contributed by atoms with Crippen molar-refractivity contribution in [3.63, 3.8) is 0 Å². The quantitative estimate of drug-likeness (QED) is 0.698. The van der Waals surface area contributed by atoms with Crippen LogP contribution in [0.2, 0.25) is 0 Å². The smallest absolute Gasteiger partial charge is 0.257 e. The maximum absolute atomic E-state index is 12.1. The molecule has 5 nitrogen and oxygen atoms in total. The second-order valence-electron chi connectivity index (χ2n) is 6.03. The van der Waals surface area contributed by atoms with Crippen molar-refractivity contribution in [2.24, 2.45) is 0 Å². The van der Waals surface area contributed by atoms with Gasteiger partial charge in [0.25, 0.3) is 5.22 Å². The molecule has 4 rings (SSSR count). The van der Waals surface area contributed by atoms with Gasteiger partial charge in [-0.2, -0.15) is 0 Å². The summed E-state index contributed by atoms with van der Waals surface area (Å²) in [6, 6.07) is 15.6. The number of amides is 1. The molecule has 6 heteroatoms. The van der Waals surface area contributed by atoms with E-state index in [1.165, 1.54) is 30.3 Å². The number of hydrogen-bond donors (Lipinski definition) is 1. The SMILES string of the molecule is O=C(CSc1nc2ccccc2o1)Nc1ccc(N2CCCC2)cc1. The Balaban J connectivity index is 1.32. The number of benzene rings is 2. The molecular formula is C19H19N3O2S. The molecule has 1 aliphatic rings. The molecule has 0 bridgehead atoms. The summed E-state index contributed by atoms with van der Waals surface area (Å²) in [6.45, 7) is 2.24. The summed E-state index contributed by atoms with van der Waals surface area (Å²) in [5.74, 6) is 0.196. The van der Waals surface area contributed by atoms with Gasteiger partial charge in [0.05, 0.1) is 5.75 Å². The fraction of sp³-hybridized carbons (Fsp3) is 0.263. The van der Waals surface area contributed by atoms with Gasteiger partial charge in [-0.15, -0.1) is 0 Å². The maximum Gasteiger partial charge on any atom is 0.257 e. The van der Waals surface area contributed by atoms with Gasteiger partial charge in [-0.1, -0.05) is 23.9 Å². The average molecular weight is 353 g/mol. The van der Waals surface area contributed by atoms with E-state index in [4.69, 9.17) is 4.42 Å². The lowest BCUT2D eigenvalue weighted by Gasteiger charge is -2.17. The summed E-state index contributed by atoms with van der Waals surface area (Å²) >= 11 is 1.30. The molecule has 1 aromatic heterocycles. The van der Waals surface area contributed by atoms with E-state index in [-0.39, 0.29) is 11.7 Å². The van der Waals surface area contributed by atoms with Gasteiger partial charge in [0, 0.05) is 24.5 Å². The lowest BCUT2D eigenvalue weighted by molar-refractivity contribution is -0.113. The lowest BCUT2D eigenvalue weighted by atomic mass is 10.2. The van der Waals surface area contributed by atoms with Crippen LogP contribution >= 0.6 is 11.8 Å². The molecule has 1 fully saturated rings. The standard InChI is InChI=1S/C19H19N3O2S/c23-18(13-25-19-21-16-5-1-2-6-17(16)24-19)20-14-7-9-15(10-8-14)22-11-3-4-12-22/h1-2,5-10H,3-4,11-13H2,(H,20,23). The van der Waals surface area contributed by atoms with E-state index in [0.29, 0.717) is 5.22 Å². The van der Waals surface area contributed by atoms with Crippen molar-refractivity contribution in [1.29, 1.82) is 0 Å². The molecule has 2 heterocycles. The third-order valence-corrected chi connectivity index (χ3v) is 5.05. The van der Waals surface area contributed by atoms with Crippen molar-refractivity contribution in [1.82, 2.24) is 4.98 Å². The van der Waals surface area contributed by atoms with Crippen LogP contribution in [-0.2, 0) is 4.79 Å². The predicted octanol–water partition coefficient (Wildman–Crippen LogP) is 4.16. The van der Waals surface area contributed by atoms with E-state index in [1.54, 1.807) is 0 Å². The number of hydrogen-bond acceptors (Lipinski definition) is 5. The first kappa shape index (κ1) is 16.0. The number of fused-ring (bicyclic) bond motifs is 1. The van der Waals surface area contributed by atoms with Crippen LogP contribution in [0.25, 0.3) is 11.1 Å². The number of anilines is 2. The Morgan fingerprint density at radius 3 is 2.64 bits per heavy atom. The Labute approximate surface area is 150 Å². The van der Waals surface area contributed by atoms with Crippen molar-refractivity contribution in [2.45, 2.75) is 18.1 Å². The summed E-state index contributed by atoms with van der Waals surface area (Å²) in [5, 5.41) is 3.43. The van der Waals surface area contributed by atoms with E-state index in [1.807, 2.05) is 36.4 Å². The molecule has 1 saturated heterocycles. The van der Waals surface area contributed by atoms with Crippen LogP contribution in [0.5, 0.6) is 0 Å². The van der Waals surface area contributed by atoms with Gasteiger partial charge < -0.3 is 14.6 Å². The number of nitrogens with one attached hydrogen (secondary N) is 1. The number of carbonyl (C=O) groups excluding carboxylic acids is 1. The van der Waals surface area contributed by atoms with Crippen molar-refractivity contribution in [3.05, 3.63) is 48.5 Å². The Kier molecular flexibility index (Phi) is 4.61. The summed E-state index contributed by atoms with van der Waals surface area (Å²) in [4.78, 5) is 18.9. The zero-order chi connectivity index (χ0) is 17.1. The second kappa shape index (κ2) is 7.19. The van der Waals surface area contributed by atoms with Gasteiger partial charge in [0.1, 0.15) is 5.52 Å². The normalized spacial score (nSPS) is 14.2. The van der Waals surface area contributed by atoms with Crippen molar-refractivity contribution in [3.8, 4) is 0 Å². The number of carbonyl (C=O) groups is 1. The number of rotatable bonds is 5. The molecule has 0 saturated carbocycles. The van der Waals surface area contributed by atoms with Crippen molar-refractivity contribution >= 4 is 40.1 Å². The molecule has 0 spiro atoms. The minimum Gasteiger partial charge on any atom is -0.431 e. The number of para-hydroxylation sites is 2. The van der Waals surface area contributed by atoms with Crippen LogP contribution < -0.4 is 10.2 Å². The zero-order valence-electron chi connectivity index (χ0n) is 13.8. The Morgan fingerprint density at radius 1 is 1.12 bits per heavy atom. The van der Waals surface area contributed by atoms with Crippen LogP contribution in [0.4, 0.5) is 11.4 Å². The van der Waals surface area contributed by atoms with Crippen LogP contribution in [0.1, 0.15) is 12.8 Å². The maximum atomic E-state index is 12.1. The van der Waals surface area contributed by atoms with Crippen LogP contribution in [-0.4, -0.2) is 29.7 Å². The fourth-order valence-corrected chi connectivity index (χ4v) is 3.61. The Hall–Kier alpha value is -2.47. The van der Waals surface area contributed by atoms with Crippen LogP contribution in [0.3, 0.4) is 0 Å². The molecule has 128 valence electrons. The Morgan fingerprint density at radius 2 is 1.88 bits per heavy atom. The zero-order valence-corrected chi connectivity index (χ0v) is 14.6. The second-order valence-corrected chi connectivity index (χ2v) is 6.95. The molecule has 3 aromatic rings. The van der Waals surface area contributed by atoms with Gasteiger partial charge in [0.15, 0.2) is 5.58 Å². The topological polar surface area (TPSA) is 58.4 Å². The molecule has 1 amide bonds. The predicted molar refractivity (Wildman–Crippen MR) is 101 cm³/mol. The number of thioether (sulfide) groups is 1. The molecule has 2 aromatic carbocycles. The number of nitrogens with zero attached hydrogens (tertiary/aromatic N) is 2. The fourth-order valence-electron chi connectivity index (χ4n) is 2.97. The van der Waals surface area contributed by atoms with Gasteiger partial charge in [-0.3, -0.25) is 4.79 Å². The van der Waals surface area contributed by atoms with Gasteiger partial charge in [0.2, 0.25) is 5.91 Å². The number of oxazole rings is 1. The third kappa shape index (κ3) is 3.79. The van der Waals surface area contributed by atoms with E-state index in [2.05, 4.69) is 27.3 Å². The molecule has 0 unspecified atom stereocenters. The summed E-state index contributed by atoms with van der Waals surface area (Å²) in [7, 11) is 0. The highest BCUT2D eigenvalue weighted by Crippen LogP contribution is 2.24. The largest absolute Gasteiger partial charge is 0.431 e. The molecule has 1 N–H and O–H groups in total. The molecule has 1 aliphatic heterocycles. The first-order valence-electron chi connectivity index (χ1n) is 8.41. The highest BCUT2D eigenvalue weighted by molar-refractivity contribution is 7.99. The minimum absolute atomic E-state index is 0.0684. The van der Waals surface area contributed by atoms with Crippen molar-refractivity contribution < 1.29 is 9.21 Å². The van der Waals surface area contributed by atoms with Crippen LogP contribution in [0, 0.1) is 0 Å². The average Bonchev–Trinajstić information content (AvgIpc) is 3.30. The van der Waals surface area contributed by atoms with E-state index >= 15 is 0 Å². The van der Waals surface area contributed by atoms with Gasteiger partial charge in [-0.05, 0) is 49.2 Å². The summed E-state index contributed by atoms with van der Waals surface area (Å²) < 4.78 is 5.61. The monoisotopic (exact) mass is 353 g/mol. The van der Waals surface area contributed by atoms with Crippen LogP contribution in [0.15, 0.2) is 58.2 Å². The van der Waals surface area contributed by atoms with Gasteiger partial charge >= 0.3 is 0 Å². The highest BCUT2D eigenvalue weighted by Gasteiger charge is 2.13. The molecule has 25 heavy (non-hydrogen) atoms. The molecule has 0 radical (unpaired) electrons. The lowest BCUT2D eigenvalue weighted by Crippen LogP contribution is -2.18. The molecule has 0 aliphatic carbocycles. The minimum atomic E-state index is -0.0684. The van der Waals surface area contributed by atoms with E-state index < -0.39 is 0 Å². The van der Waals surface area contributed by atoms with Gasteiger partial charge in [-0.25, -0.2) is 4.98 Å². The van der Waals surface area contributed by atoms with E-state index in [0.717, 1.165) is 29.9 Å².